The zero-order valence-corrected chi connectivity index (χ0v) is 14.9. The molecule has 1 aliphatic carbocycles. The van der Waals surface area contributed by atoms with Gasteiger partial charge in [-0.3, -0.25) is 4.90 Å². The first-order chi connectivity index (χ1) is 11.7. The fourth-order valence-electron chi connectivity index (χ4n) is 3.29. The van der Waals surface area contributed by atoms with Gasteiger partial charge in [-0.15, -0.1) is 0 Å². The fraction of sp³-hybridized carbons (Fsp3) is 0.611. The molecule has 2 aliphatic rings. The van der Waals surface area contributed by atoms with E-state index in [1.165, 1.54) is 30.5 Å². The van der Waals surface area contributed by atoms with E-state index in [9.17, 15) is 0 Å². The SMILES string of the molecule is CCCCc1nc(Cl)c(CN2CCc3nc(C4CC4)ncc3C2)[nH]1. The van der Waals surface area contributed by atoms with Crippen LogP contribution in [0.4, 0.5) is 0 Å². The molecule has 3 heterocycles. The number of nitrogens with zero attached hydrogens (tertiary/aromatic N) is 4. The summed E-state index contributed by atoms with van der Waals surface area (Å²) in [5, 5.41) is 0.618. The summed E-state index contributed by atoms with van der Waals surface area (Å²) in [5.41, 5.74) is 3.52. The number of hydrogen-bond donors (Lipinski definition) is 1. The molecule has 2 aromatic heterocycles. The van der Waals surface area contributed by atoms with E-state index in [2.05, 4.69) is 26.8 Å². The van der Waals surface area contributed by atoms with Gasteiger partial charge < -0.3 is 4.98 Å². The Morgan fingerprint density at radius 3 is 3.00 bits per heavy atom. The second-order valence-corrected chi connectivity index (χ2v) is 7.35. The summed E-state index contributed by atoms with van der Waals surface area (Å²) in [7, 11) is 0. The van der Waals surface area contributed by atoms with Crippen molar-refractivity contribution >= 4 is 11.6 Å². The maximum Gasteiger partial charge on any atom is 0.151 e. The molecule has 5 nitrogen and oxygen atoms in total. The molecule has 1 fully saturated rings. The van der Waals surface area contributed by atoms with Crippen LogP contribution < -0.4 is 0 Å². The van der Waals surface area contributed by atoms with Crippen LogP contribution in [0.2, 0.25) is 5.15 Å². The van der Waals surface area contributed by atoms with Crippen LogP contribution in [0, 0.1) is 0 Å². The molecule has 0 saturated heterocycles. The van der Waals surface area contributed by atoms with Crippen LogP contribution in [0.1, 0.15) is 67.1 Å². The van der Waals surface area contributed by atoms with Gasteiger partial charge in [-0.1, -0.05) is 24.9 Å². The number of rotatable bonds is 6. The third kappa shape index (κ3) is 3.47. The van der Waals surface area contributed by atoms with Gasteiger partial charge in [-0.2, -0.15) is 0 Å². The number of aromatic amines is 1. The topological polar surface area (TPSA) is 57.7 Å². The first-order valence-electron chi connectivity index (χ1n) is 9.03. The molecular weight excluding hydrogens is 322 g/mol. The molecule has 0 aromatic carbocycles. The Labute approximate surface area is 147 Å². The maximum absolute atomic E-state index is 6.31. The van der Waals surface area contributed by atoms with Crippen LogP contribution in [0.15, 0.2) is 6.20 Å². The van der Waals surface area contributed by atoms with E-state index in [0.29, 0.717) is 11.1 Å². The van der Waals surface area contributed by atoms with E-state index in [1.54, 1.807) is 0 Å². The molecule has 128 valence electrons. The molecule has 0 amide bonds. The van der Waals surface area contributed by atoms with Gasteiger partial charge in [0.15, 0.2) is 5.15 Å². The van der Waals surface area contributed by atoms with Gasteiger partial charge in [0, 0.05) is 55.8 Å². The van der Waals surface area contributed by atoms with Crippen molar-refractivity contribution in [2.24, 2.45) is 0 Å². The zero-order valence-electron chi connectivity index (χ0n) is 14.2. The van der Waals surface area contributed by atoms with Crippen molar-refractivity contribution in [3.8, 4) is 0 Å². The van der Waals surface area contributed by atoms with Crippen molar-refractivity contribution in [2.75, 3.05) is 6.54 Å². The number of hydrogen-bond acceptors (Lipinski definition) is 4. The lowest BCUT2D eigenvalue weighted by Gasteiger charge is -2.27. The summed E-state index contributed by atoms with van der Waals surface area (Å²) < 4.78 is 0. The van der Waals surface area contributed by atoms with Crippen LogP contribution in [0.25, 0.3) is 0 Å². The van der Waals surface area contributed by atoms with Crippen LogP contribution in [-0.2, 0) is 25.9 Å². The van der Waals surface area contributed by atoms with Gasteiger partial charge in [0.2, 0.25) is 0 Å². The summed E-state index contributed by atoms with van der Waals surface area (Å²) in [5.74, 6) is 2.68. The molecule has 0 radical (unpaired) electrons. The smallest absolute Gasteiger partial charge is 0.151 e. The minimum atomic E-state index is 0.618. The Morgan fingerprint density at radius 2 is 2.21 bits per heavy atom. The van der Waals surface area contributed by atoms with Crippen molar-refractivity contribution in [3.05, 3.63) is 40.0 Å². The highest BCUT2D eigenvalue weighted by Crippen LogP contribution is 2.38. The Kier molecular flexibility index (Phi) is 4.55. The van der Waals surface area contributed by atoms with Crippen molar-refractivity contribution in [1.82, 2.24) is 24.8 Å². The number of aryl methyl sites for hydroxylation is 1. The monoisotopic (exact) mass is 345 g/mol. The fourth-order valence-corrected chi connectivity index (χ4v) is 3.50. The second kappa shape index (κ2) is 6.81. The molecular formula is C18H24ClN5. The second-order valence-electron chi connectivity index (χ2n) is 6.99. The molecule has 1 aliphatic heterocycles. The number of H-pyrrole nitrogens is 1. The van der Waals surface area contributed by atoms with Crippen molar-refractivity contribution < 1.29 is 0 Å². The van der Waals surface area contributed by atoms with Crippen LogP contribution >= 0.6 is 11.6 Å². The standard InChI is InChI=1S/C18H24ClN5/c1-2-3-4-16-21-15(17(19)23-16)11-24-8-7-14-13(10-24)9-20-18(22-14)12-5-6-12/h9,12H,2-8,10-11H2,1H3,(H,21,23). The average Bonchev–Trinajstić information content (AvgIpc) is 3.38. The number of halogens is 1. The van der Waals surface area contributed by atoms with E-state index >= 15 is 0 Å². The first-order valence-corrected chi connectivity index (χ1v) is 9.41. The summed E-state index contributed by atoms with van der Waals surface area (Å²) in [6, 6.07) is 0. The van der Waals surface area contributed by atoms with Gasteiger partial charge in [-0.25, -0.2) is 15.0 Å². The van der Waals surface area contributed by atoms with Gasteiger partial charge in [0.05, 0.1) is 5.69 Å². The molecule has 0 bridgehead atoms. The summed E-state index contributed by atoms with van der Waals surface area (Å²) in [6.07, 6.45) is 8.81. The van der Waals surface area contributed by atoms with Crippen LogP contribution in [0.3, 0.4) is 0 Å². The lowest BCUT2D eigenvalue weighted by atomic mass is 10.1. The third-order valence-electron chi connectivity index (χ3n) is 4.90. The number of imidazole rings is 1. The van der Waals surface area contributed by atoms with Gasteiger partial charge >= 0.3 is 0 Å². The molecule has 2 aromatic rings. The molecule has 0 unspecified atom stereocenters. The number of fused-ring (bicyclic) bond motifs is 1. The average molecular weight is 346 g/mol. The Hall–Kier alpha value is -1.46. The molecule has 24 heavy (non-hydrogen) atoms. The molecule has 0 atom stereocenters. The van der Waals surface area contributed by atoms with Crippen molar-refractivity contribution in [3.63, 3.8) is 0 Å². The third-order valence-corrected chi connectivity index (χ3v) is 5.21. The highest BCUT2D eigenvalue weighted by atomic mass is 35.5. The maximum atomic E-state index is 6.31. The van der Waals surface area contributed by atoms with Gasteiger partial charge in [0.25, 0.3) is 0 Å². The minimum absolute atomic E-state index is 0.618. The van der Waals surface area contributed by atoms with E-state index in [-0.39, 0.29) is 0 Å². The predicted octanol–water partition coefficient (Wildman–Crippen LogP) is 3.63. The molecule has 4 rings (SSSR count). The number of aromatic nitrogens is 4. The molecule has 1 N–H and O–H groups in total. The van der Waals surface area contributed by atoms with E-state index < -0.39 is 0 Å². The van der Waals surface area contributed by atoms with Crippen LogP contribution in [0.5, 0.6) is 0 Å². The minimum Gasteiger partial charge on any atom is -0.344 e. The summed E-state index contributed by atoms with van der Waals surface area (Å²) in [4.78, 5) is 19.6. The Bertz CT molecular complexity index is 722. The molecule has 6 heteroatoms. The number of unbranched alkanes of at least 4 members (excludes halogenated alkanes) is 1. The lowest BCUT2D eigenvalue weighted by Crippen LogP contribution is -2.31. The quantitative estimate of drug-likeness (QED) is 0.868. The van der Waals surface area contributed by atoms with E-state index in [1.807, 2.05) is 6.20 Å². The summed E-state index contributed by atoms with van der Waals surface area (Å²) in [6.45, 7) is 4.89. The van der Waals surface area contributed by atoms with Crippen molar-refractivity contribution in [1.29, 1.82) is 0 Å². The van der Waals surface area contributed by atoms with Crippen LogP contribution in [-0.4, -0.2) is 31.4 Å². The lowest BCUT2D eigenvalue weighted by molar-refractivity contribution is 0.240. The highest BCUT2D eigenvalue weighted by molar-refractivity contribution is 6.30. The Morgan fingerprint density at radius 1 is 1.33 bits per heavy atom. The Balaban J connectivity index is 1.42. The van der Waals surface area contributed by atoms with Gasteiger partial charge in [0.1, 0.15) is 11.6 Å². The first kappa shape index (κ1) is 16.0. The van der Waals surface area contributed by atoms with E-state index in [4.69, 9.17) is 16.6 Å². The van der Waals surface area contributed by atoms with Crippen molar-refractivity contribution in [2.45, 2.75) is 64.5 Å². The predicted molar refractivity (Wildman–Crippen MR) is 94.0 cm³/mol. The van der Waals surface area contributed by atoms with E-state index in [0.717, 1.165) is 56.2 Å². The molecule has 0 spiro atoms. The zero-order chi connectivity index (χ0) is 16.5. The largest absolute Gasteiger partial charge is 0.344 e. The highest BCUT2D eigenvalue weighted by Gasteiger charge is 2.28. The number of nitrogens with one attached hydrogen (secondary N) is 1. The normalized spacial score (nSPS) is 17.9. The van der Waals surface area contributed by atoms with Gasteiger partial charge in [-0.05, 0) is 19.3 Å². The molecule has 1 saturated carbocycles. The summed E-state index contributed by atoms with van der Waals surface area (Å²) >= 11 is 6.31.